The maximum Gasteiger partial charge on any atom is 0.222 e. The van der Waals surface area contributed by atoms with Crippen molar-refractivity contribution in [2.24, 2.45) is 0 Å². The number of hydrogen-bond donors (Lipinski definition) is 2. The smallest absolute Gasteiger partial charge is 0.222 e. The number of aryl methyl sites for hydroxylation is 2. The minimum atomic E-state index is 0.126. The van der Waals surface area contributed by atoms with E-state index in [9.17, 15) is 4.79 Å². The monoisotopic (exact) mass is 458 g/mol. The predicted octanol–water partition coefficient (Wildman–Crippen LogP) is 3.28. The summed E-state index contributed by atoms with van der Waals surface area (Å²) < 4.78 is 4.06. The highest BCUT2D eigenvalue weighted by atomic mass is 16.2. The van der Waals surface area contributed by atoms with Gasteiger partial charge in [0.1, 0.15) is 5.65 Å². The number of piperidine rings is 1. The van der Waals surface area contributed by atoms with Crippen molar-refractivity contribution in [3.05, 3.63) is 42.2 Å². The number of nitrogens with zero attached hydrogens (tertiary/aromatic N) is 6. The second-order valence-electron chi connectivity index (χ2n) is 9.52. The first-order valence-corrected chi connectivity index (χ1v) is 12.1. The molecule has 4 aromatic rings. The third-order valence-electron chi connectivity index (χ3n) is 7.16. The van der Waals surface area contributed by atoms with E-state index in [1.54, 1.807) is 4.90 Å². The Labute approximate surface area is 198 Å². The lowest BCUT2D eigenvalue weighted by atomic mass is 10.0. The van der Waals surface area contributed by atoms with Gasteiger partial charge in [0.2, 0.25) is 5.91 Å². The first-order chi connectivity index (χ1) is 16.6. The Morgan fingerprint density at radius 1 is 1.09 bits per heavy atom. The Balaban J connectivity index is 1.51. The van der Waals surface area contributed by atoms with Gasteiger partial charge in [-0.25, -0.2) is 4.98 Å². The molecule has 4 bridgehead atoms. The predicted molar refractivity (Wildman–Crippen MR) is 130 cm³/mol. The zero-order valence-electron chi connectivity index (χ0n) is 19.7. The molecule has 9 nitrogen and oxygen atoms in total. The van der Waals surface area contributed by atoms with Crippen molar-refractivity contribution in [2.75, 3.05) is 20.1 Å². The van der Waals surface area contributed by atoms with Crippen molar-refractivity contribution < 1.29 is 4.79 Å². The summed E-state index contributed by atoms with van der Waals surface area (Å²) in [6.07, 6.45) is 11.5. The third-order valence-corrected chi connectivity index (χ3v) is 7.16. The number of nitrogens with one attached hydrogen (secondary N) is 2. The molecule has 4 aromatic heterocycles. The topological polar surface area (TPSA) is 96.7 Å². The van der Waals surface area contributed by atoms with Crippen LogP contribution in [0.2, 0.25) is 0 Å². The van der Waals surface area contributed by atoms with E-state index in [1.165, 1.54) is 0 Å². The minimum Gasteiger partial charge on any atom is -0.346 e. The summed E-state index contributed by atoms with van der Waals surface area (Å²) in [7, 11) is 1.87. The maximum atomic E-state index is 12.9. The molecule has 0 atom stereocenters. The van der Waals surface area contributed by atoms with Crippen LogP contribution in [0.3, 0.4) is 0 Å². The van der Waals surface area contributed by atoms with Gasteiger partial charge in [0.05, 0.1) is 24.0 Å². The zero-order valence-corrected chi connectivity index (χ0v) is 19.7. The van der Waals surface area contributed by atoms with Crippen molar-refractivity contribution >= 4 is 16.9 Å². The number of amides is 1. The Morgan fingerprint density at radius 3 is 2.79 bits per heavy atom. The lowest BCUT2D eigenvalue weighted by Crippen LogP contribution is -2.30. The lowest BCUT2D eigenvalue weighted by Gasteiger charge is -2.23. The highest BCUT2D eigenvalue weighted by Crippen LogP contribution is 2.34. The van der Waals surface area contributed by atoms with Crippen molar-refractivity contribution in [3.8, 4) is 22.3 Å². The van der Waals surface area contributed by atoms with E-state index >= 15 is 0 Å². The third kappa shape index (κ3) is 3.69. The second kappa shape index (κ2) is 8.39. The average molecular weight is 459 g/mol. The molecule has 176 valence electrons. The van der Waals surface area contributed by atoms with Crippen LogP contribution in [-0.4, -0.2) is 60.5 Å². The van der Waals surface area contributed by atoms with Crippen LogP contribution in [0.5, 0.6) is 0 Å². The molecule has 0 unspecified atom stereocenters. The van der Waals surface area contributed by atoms with Crippen LogP contribution in [-0.2, 0) is 17.9 Å². The van der Waals surface area contributed by atoms with Gasteiger partial charge in [-0.3, -0.25) is 14.2 Å². The fourth-order valence-corrected chi connectivity index (χ4v) is 5.21. The van der Waals surface area contributed by atoms with E-state index in [2.05, 4.69) is 33.4 Å². The Kier molecular flexibility index (Phi) is 5.21. The van der Waals surface area contributed by atoms with E-state index in [0.29, 0.717) is 25.6 Å². The molecule has 2 N–H and O–H groups in total. The number of hydrogen-bond acceptors (Lipinski definition) is 5. The minimum absolute atomic E-state index is 0.126. The number of rotatable bonds is 1. The molecular formula is C25H30N8O. The largest absolute Gasteiger partial charge is 0.346 e. The first-order valence-electron chi connectivity index (χ1n) is 12.1. The Morgan fingerprint density at radius 2 is 1.94 bits per heavy atom. The van der Waals surface area contributed by atoms with Crippen LogP contribution < -0.4 is 5.32 Å². The van der Waals surface area contributed by atoms with Crippen LogP contribution in [0.4, 0.5) is 0 Å². The van der Waals surface area contributed by atoms with Crippen LogP contribution in [0.1, 0.15) is 43.1 Å². The van der Waals surface area contributed by atoms with Gasteiger partial charge >= 0.3 is 0 Å². The standard InChI is InChI=1S/C25H30N8O/c1-16-21-13-32(29-16)9-3-4-24(34)31(2)15-23-22(14-33(30-23)18-5-7-26-8-6-18)17-10-19-20(21)12-28-25(19)27-11-17/h10-14,18,26H,3-9,15H2,1-2H3,(H,27,28). The molecule has 6 heterocycles. The number of aromatic amines is 1. The van der Waals surface area contributed by atoms with Crippen LogP contribution in [0, 0.1) is 6.92 Å². The molecule has 1 saturated heterocycles. The normalized spacial score (nSPS) is 17.7. The van der Waals surface area contributed by atoms with Crippen molar-refractivity contribution in [1.82, 2.24) is 39.7 Å². The number of carbonyl (C=O) groups is 1. The average Bonchev–Trinajstić information content (AvgIpc) is 3.55. The van der Waals surface area contributed by atoms with Crippen molar-refractivity contribution in [3.63, 3.8) is 0 Å². The molecule has 0 aromatic carbocycles. The molecule has 34 heavy (non-hydrogen) atoms. The molecule has 9 heteroatoms. The molecule has 0 aliphatic carbocycles. The molecule has 2 aliphatic heterocycles. The molecular weight excluding hydrogens is 428 g/mol. The number of pyridine rings is 1. The van der Waals surface area contributed by atoms with E-state index in [4.69, 9.17) is 15.2 Å². The number of carbonyl (C=O) groups excluding carboxylic acids is 1. The van der Waals surface area contributed by atoms with E-state index in [-0.39, 0.29) is 5.91 Å². The van der Waals surface area contributed by atoms with Crippen LogP contribution in [0.15, 0.2) is 30.9 Å². The van der Waals surface area contributed by atoms with Gasteiger partial charge in [-0.2, -0.15) is 10.2 Å². The first kappa shape index (κ1) is 21.1. The summed E-state index contributed by atoms with van der Waals surface area (Å²) in [6, 6.07) is 2.56. The molecule has 0 saturated carbocycles. The number of fused-ring (bicyclic) bond motifs is 6. The summed E-state index contributed by atoms with van der Waals surface area (Å²) >= 11 is 0. The maximum absolute atomic E-state index is 12.9. The molecule has 2 aliphatic rings. The summed E-state index contributed by atoms with van der Waals surface area (Å²) in [4.78, 5) is 22.8. The fourth-order valence-electron chi connectivity index (χ4n) is 5.21. The van der Waals surface area contributed by atoms with Gasteiger partial charge in [-0.15, -0.1) is 0 Å². The quantitative estimate of drug-likeness (QED) is 0.456. The Bertz CT molecular complexity index is 1360. The van der Waals surface area contributed by atoms with Gasteiger partial charge in [0, 0.05) is 72.4 Å². The molecule has 1 amide bonds. The molecule has 0 radical (unpaired) electrons. The number of aromatic nitrogens is 6. The Hall–Kier alpha value is -3.46. The second-order valence-corrected chi connectivity index (χ2v) is 9.52. The van der Waals surface area contributed by atoms with Crippen molar-refractivity contribution in [1.29, 1.82) is 0 Å². The summed E-state index contributed by atoms with van der Waals surface area (Å²) in [6.45, 7) is 5.23. The van der Waals surface area contributed by atoms with Crippen LogP contribution in [0.25, 0.3) is 33.3 Å². The van der Waals surface area contributed by atoms with E-state index in [1.807, 2.05) is 31.0 Å². The summed E-state index contributed by atoms with van der Waals surface area (Å²) in [5, 5.41) is 14.2. The van der Waals surface area contributed by atoms with E-state index < -0.39 is 0 Å². The van der Waals surface area contributed by atoms with Gasteiger partial charge in [-0.1, -0.05) is 0 Å². The van der Waals surface area contributed by atoms with Crippen LogP contribution >= 0.6 is 0 Å². The molecule has 0 spiro atoms. The van der Waals surface area contributed by atoms with E-state index in [0.717, 1.165) is 77.0 Å². The number of H-pyrrole nitrogens is 1. The van der Waals surface area contributed by atoms with Gasteiger partial charge < -0.3 is 15.2 Å². The zero-order chi connectivity index (χ0) is 23.2. The summed E-state index contributed by atoms with van der Waals surface area (Å²) in [5.74, 6) is 0.126. The van der Waals surface area contributed by atoms with Crippen molar-refractivity contribution in [2.45, 2.75) is 51.7 Å². The SMILES string of the molecule is Cc1nn2cc1-c1c[nH]c3ncc(cc13)-c1cn(C3CCNCC3)nc1CN(C)C(=O)CCC2. The summed E-state index contributed by atoms with van der Waals surface area (Å²) in [5.41, 5.74) is 7.00. The fraction of sp³-hybridized carbons (Fsp3) is 0.440. The highest BCUT2D eigenvalue weighted by molar-refractivity contribution is 5.96. The lowest BCUT2D eigenvalue weighted by molar-refractivity contribution is -0.130. The molecule has 1 fully saturated rings. The van der Waals surface area contributed by atoms with Gasteiger partial charge in [0.25, 0.3) is 0 Å². The molecule has 6 rings (SSSR count). The van der Waals surface area contributed by atoms with Gasteiger partial charge in [-0.05, 0) is 45.3 Å². The highest BCUT2D eigenvalue weighted by Gasteiger charge is 2.23. The van der Waals surface area contributed by atoms with Gasteiger partial charge in [0.15, 0.2) is 0 Å².